The molecule has 1 fully saturated rings. The summed E-state index contributed by atoms with van der Waals surface area (Å²) in [5.74, 6) is -0.369. The Balaban J connectivity index is 1.61. The van der Waals surface area contributed by atoms with E-state index in [0.717, 1.165) is 0 Å². The average Bonchev–Trinajstić information content (AvgIpc) is 3.19. The number of ether oxygens (including phenoxy) is 2. The molecule has 140 valence electrons. The third-order valence-corrected chi connectivity index (χ3v) is 5.23. The molecule has 0 spiro atoms. The lowest BCUT2D eigenvalue weighted by atomic mass is 10.2. The van der Waals surface area contributed by atoms with E-state index in [0.29, 0.717) is 31.9 Å². The number of furan rings is 1. The third kappa shape index (κ3) is 4.92. The Morgan fingerprint density at radius 2 is 2.12 bits per heavy atom. The number of benzene rings is 1. The summed E-state index contributed by atoms with van der Waals surface area (Å²) in [6.45, 7) is 1.88. The summed E-state index contributed by atoms with van der Waals surface area (Å²) < 4.78 is 42.9. The summed E-state index contributed by atoms with van der Waals surface area (Å²) in [7, 11) is -3.74. The molecule has 1 amide bonds. The van der Waals surface area contributed by atoms with Crippen LogP contribution in [0.2, 0.25) is 0 Å². The summed E-state index contributed by atoms with van der Waals surface area (Å²) in [6, 6.07) is 7.53. The molecule has 1 aromatic heterocycles. The Morgan fingerprint density at radius 1 is 1.23 bits per heavy atom. The predicted octanol–water partition coefficient (Wildman–Crippen LogP) is 0.903. The number of carbonyl (C=O) groups excluding carboxylic acids is 1. The van der Waals surface area contributed by atoms with Gasteiger partial charge in [-0.05, 0) is 24.3 Å². The van der Waals surface area contributed by atoms with Gasteiger partial charge in [-0.2, -0.15) is 0 Å². The molecule has 26 heavy (non-hydrogen) atoms. The van der Waals surface area contributed by atoms with Gasteiger partial charge < -0.3 is 19.2 Å². The van der Waals surface area contributed by atoms with E-state index < -0.39 is 10.0 Å². The highest BCUT2D eigenvalue weighted by Crippen LogP contribution is 2.13. The average molecular weight is 380 g/mol. The molecule has 0 saturated carbocycles. The van der Waals surface area contributed by atoms with Crippen LogP contribution in [0, 0.1) is 0 Å². The topological polar surface area (TPSA) is 107 Å². The molecule has 2 aromatic rings. The van der Waals surface area contributed by atoms with Crippen molar-refractivity contribution in [1.82, 2.24) is 10.0 Å². The Hall–Kier alpha value is -2.20. The molecular formula is C17H20N2O6S. The van der Waals surface area contributed by atoms with Crippen LogP contribution in [-0.2, 0) is 26.0 Å². The number of sulfonamides is 1. The molecular weight excluding hydrogens is 360 g/mol. The minimum atomic E-state index is -3.74. The number of hydrogen-bond acceptors (Lipinski definition) is 6. The number of hydrogen-bond donors (Lipinski definition) is 2. The maximum Gasteiger partial charge on any atom is 0.251 e. The van der Waals surface area contributed by atoms with Gasteiger partial charge >= 0.3 is 0 Å². The fourth-order valence-electron chi connectivity index (χ4n) is 2.42. The van der Waals surface area contributed by atoms with Crippen LogP contribution in [0.1, 0.15) is 15.9 Å². The third-order valence-electron chi connectivity index (χ3n) is 3.83. The van der Waals surface area contributed by atoms with Gasteiger partial charge in [0.2, 0.25) is 10.0 Å². The lowest BCUT2D eigenvalue weighted by Crippen LogP contribution is -2.39. The number of amides is 1. The molecule has 0 radical (unpaired) electrons. The minimum absolute atomic E-state index is 0.0193. The molecule has 9 heteroatoms. The number of nitrogens with one attached hydrogen (secondary N) is 2. The molecule has 0 unspecified atom stereocenters. The fourth-order valence-corrected chi connectivity index (χ4v) is 3.49. The van der Waals surface area contributed by atoms with E-state index in [2.05, 4.69) is 10.0 Å². The van der Waals surface area contributed by atoms with Crippen molar-refractivity contribution in [2.24, 2.45) is 0 Å². The van der Waals surface area contributed by atoms with Gasteiger partial charge in [-0.15, -0.1) is 0 Å². The SMILES string of the molecule is O=C(NC[C@H]1COCCO1)c1cccc(S(=O)(=O)NCc2ccoc2)c1. The van der Waals surface area contributed by atoms with Crippen LogP contribution in [-0.4, -0.2) is 46.8 Å². The number of rotatable bonds is 7. The summed E-state index contributed by atoms with van der Waals surface area (Å²) in [6.07, 6.45) is 2.73. The highest BCUT2D eigenvalue weighted by Gasteiger charge is 2.18. The standard InChI is InChI=1S/C17H20N2O6S/c20-17(18-10-15-12-24-6-7-25-15)14-2-1-3-16(8-14)26(21,22)19-9-13-4-5-23-11-13/h1-5,8,11,15,19H,6-7,9-10,12H2,(H,18,20)/t15-/m0/s1. The van der Waals surface area contributed by atoms with E-state index >= 15 is 0 Å². The first-order valence-electron chi connectivity index (χ1n) is 8.13. The van der Waals surface area contributed by atoms with E-state index in [4.69, 9.17) is 13.9 Å². The van der Waals surface area contributed by atoms with Crippen molar-refractivity contribution in [3.8, 4) is 0 Å². The summed E-state index contributed by atoms with van der Waals surface area (Å²) >= 11 is 0. The van der Waals surface area contributed by atoms with Gasteiger partial charge in [-0.3, -0.25) is 4.79 Å². The summed E-state index contributed by atoms with van der Waals surface area (Å²) in [5.41, 5.74) is 0.963. The maximum absolute atomic E-state index is 12.4. The summed E-state index contributed by atoms with van der Waals surface area (Å²) in [4.78, 5) is 12.3. The van der Waals surface area contributed by atoms with E-state index in [1.54, 1.807) is 12.1 Å². The van der Waals surface area contributed by atoms with Gasteiger partial charge in [0.25, 0.3) is 5.91 Å². The monoisotopic (exact) mass is 380 g/mol. The van der Waals surface area contributed by atoms with Crippen molar-refractivity contribution in [3.05, 3.63) is 54.0 Å². The Kier molecular flexibility index (Phi) is 6.04. The molecule has 3 rings (SSSR count). The summed E-state index contributed by atoms with van der Waals surface area (Å²) in [5, 5.41) is 2.73. The van der Waals surface area contributed by atoms with Crippen molar-refractivity contribution in [3.63, 3.8) is 0 Å². The second-order valence-electron chi connectivity index (χ2n) is 5.76. The zero-order valence-corrected chi connectivity index (χ0v) is 14.8. The lowest BCUT2D eigenvalue weighted by Gasteiger charge is -2.23. The van der Waals surface area contributed by atoms with Gasteiger partial charge in [0, 0.05) is 24.2 Å². The van der Waals surface area contributed by atoms with Crippen molar-refractivity contribution >= 4 is 15.9 Å². The fraction of sp³-hybridized carbons (Fsp3) is 0.353. The van der Waals surface area contributed by atoms with E-state index in [9.17, 15) is 13.2 Å². The molecule has 1 aliphatic heterocycles. The van der Waals surface area contributed by atoms with Gasteiger partial charge in [0.1, 0.15) is 0 Å². The first-order valence-corrected chi connectivity index (χ1v) is 9.61. The molecule has 0 bridgehead atoms. The predicted molar refractivity (Wildman–Crippen MR) is 92.1 cm³/mol. The molecule has 1 atom stereocenters. The normalized spacial score (nSPS) is 17.8. The van der Waals surface area contributed by atoms with Crippen LogP contribution < -0.4 is 10.0 Å². The lowest BCUT2D eigenvalue weighted by molar-refractivity contribution is -0.0855. The Labute approximate surface area is 151 Å². The largest absolute Gasteiger partial charge is 0.472 e. The van der Waals surface area contributed by atoms with Gasteiger partial charge in [0.05, 0.1) is 43.3 Å². The highest BCUT2D eigenvalue weighted by molar-refractivity contribution is 7.89. The van der Waals surface area contributed by atoms with Crippen LogP contribution in [0.25, 0.3) is 0 Å². The maximum atomic E-state index is 12.4. The second kappa shape index (κ2) is 8.45. The Bertz CT molecular complexity index is 829. The smallest absolute Gasteiger partial charge is 0.251 e. The molecule has 1 aromatic carbocycles. The second-order valence-corrected chi connectivity index (χ2v) is 7.53. The van der Waals surface area contributed by atoms with Gasteiger partial charge in [-0.25, -0.2) is 13.1 Å². The van der Waals surface area contributed by atoms with E-state index in [1.165, 1.54) is 30.7 Å². The highest BCUT2D eigenvalue weighted by atomic mass is 32.2. The van der Waals surface area contributed by atoms with Crippen LogP contribution in [0.3, 0.4) is 0 Å². The molecule has 0 aliphatic carbocycles. The Morgan fingerprint density at radius 3 is 2.85 bits per heavy atom. The van der Waals surface area contributed by atoms with Crippen LogP contribution in [0.5, 0.6) is 0 Å². The molecule has 1 saturated heterocycles. The van der Waals surface area contributed by atoms with Crippen LogP contribution >= 0.6 is 0 Å². The van der Waals surface area contributed by atoms with Crippen molar-refractivity contribution in [2.45, 2.75) is 17.5 Å². The first-order chi connectivity index (χ1) is 12.5. The van der Waals surface area contributed by atoms with Crippen LogP contribution in [0.15, 0.2) is 52.2 Å². The van der Waals surface area contributed by atoms with Crippen molar-refractivity contribution in [2.75, 3.05) is 26.4 Å². The first kappa shape index (κ1) is 18.6. The molecule has 2 N–H and O–H groups in total. The van der Waals surface area contributed by atoms with Gasteiger partial charge in [0.15, 0.2) is 0 Å². The van der Waals surface area contributed by atoms with E-state index in [-0.39, 0.29) is 29.0 Å². The minimum Gasteiger partial charge on any atom is -0.472 e. The molecule has 8 nitrogen and oxygen atoms in total. The molecule has 1 aliphatic rings. The zero-order chi connectivity index (χ0) is 18.4. The quantitative estimate of drug-likeness (QED) is 0.739. The van der Waals surface area contributed by atoms with E-state index in [1.807, 2.05) is 0 Å². The van der Waals surface area contributed by atoms with Crippen LogP contribution in [0.4, 0.5) is 0 Å². The van der Waals surface area contributed by atoms with Gasteiger partial charge in [-0.1, -0.05) is 6.07 Å². The number of carbonyl (C=O) groups is 1. The zero-order valence-electron chi connectivity index (χ0n) is 14.0. The van der Waals surface area contributed by atoms with Crippen molar-refractivity contribution < 1.29 is 27.1 Å². The molecule has 2 heterocycles. The van der Waals surface area contributed by atoms with Crippen molar-refractivity contribution in [1.29, 1.82) is 0 Å².